The van der Waals surface area contributed by atoms with Crippen molar-refractivity contribution in [3.8, 4) is 5.75 Å². The van der Waals surface area contributed by atoms with Gasteiger partial charge in [-0.3, -0.25) is 28.5 Å². The van der Waals surface area contributed by atoms with Crippen LogP contribution in [0.2, 0.25) is 0 Å². The Morgan fingerprint density at radius 3 is 1.63 bits per heavy atom. The number of alkyl halides is 4. The van der Waals surface area contributed by atoms with Crippen LogP contribution in [0.15, 0.2) is 52.4 Å². The summed E-state index contributed by atoms with van der Waals surface area (Å²) in [6.45, 7) is 3.57. The molecule has 0 aliphatic rings. The number of aromatic nitrogens is 8. The van der Waals surface area contributed by atoms with Gasteiger partial charge in [0.05, 0.1) is 41.0 Å². The van der Waals surface area contributed by atoms with Crippen LogP contribution in [0.5, 0.6) is 5.75 Å². The van der Waals surface area contributed by atoms with E-state index in [4.69, 9.17) is 11.5 Å². The standard InChI is InChI=1S/C36H38F4N12O5/c1-7-51-25(11-18(3)45-51)31(56)43-33-47(5)23-13-20(29(41)54)9-10-22(23)49(33)16-35(37,38)36(39,40)17-50-28-24(14-21(30(42)55)15-27(28)53)48(6)34(50)44-32(57)26-12-19(4)46-52(26)8-2/h9-15,53H,7-8,16-17H2,1-6H3,(H2,41,54)(H2,42,55). The summed E-state index contributed by atoms with van der Waals surface area (Å²) >= 11 is 0. The molecule has 57 heavy (non-hydrogen) atoms. The summed E-state index contributed by atoms with van der Waals surface area (Å²) in [6.07, 6.45) is 0. The van der Waals surface area contributed by atoms with Crippen molar-refractivity contribution >= 4 is 45.7 Å². The molecule has 4 heterocycles. The molecule has 0 aliphatic heterocycles. The molecule has 0 aliphatic carbocycles. The van der Waals surface area contributed by atoms with Crippen molar-refractivity contribution < 1.29 is 41.8 Å². The third kappa shape index (κ3) is 6.99. The van der Waals surface area contributed by atoms with Gasteiger partial charge in [0.25, 0.3) is 11.8 Å². The highest BCUT2D eigenvalue weighted by Gasteiger charge is 2.57. The van der Waals surface area contributed by atoms with Gasteiger partial charge in [-0.15, -0.1) is 0 Å². The molecule has 0 saturated heterocycles. The molecule has 0 bridgehead atoms. The van der Waals surface area contributed by atoms with E-state index < -0.39 is 71.1 Å². The zero-order chi connectivity index (χ0) is 41.9. The van der Waals surface area contributed by atoms with Gasteiger partial charge in [-0.25, -0.2) is 0 Å². The number of benzene rings is 2. The number of aromatic hydroxyl groups is 1. The van der Waals surface area contributed by atoms with Crippen molar-refractivity contribution in [2.24, 2.45) is 35.5 Å². The van der Waals surface area contributed by atoms with Gasteiger partial charge < -0.3 is 34.8 Å². The van der Waals surface area contributed by atoms with Gasteiger partial charge in [0, 0.05) is 38.3 Å². The first-order valence-corrected chi connectivity index (χ1v) is 17.4. The molecule has 5 N–H and O–H groups in total. The normalized spacial score (nSPS) is 13.0. The number of amides is 4. The molecule has 21 heteroatoms. The van der Waals surface area contributed by atoms with Crippen LogP contribution in [0.3, 0.4) is 0 Å². The molecular weight excluding hydrogens is 756 g/mol. The number of hydrogen-bond acceptors (Lipinski definition) is 7. The van der Waals surface area contributed by atoms with Gasteiger partial charge in [0.1, 0.15) is 22.7 Å². The van der Waals surface area contributed by atoms with Crippen LogP contribution >= 0.6 is 0 Å². The van der Waals surface area contributed by atoms with Crippen LogP contribution < -0.4 is 22.7 Å². The zero-order valence-corrected chi connectivity index (χ0v) is 31.6. The SMILES string of the molecule is CCn1nc(C)cc1C(=O)N=c1n(C)c2cc(C(N)=O)ccc2n1CC(F)(F)C(F)(F)Cn1c(=NC(=O)c2cc(C)nn2CC)n(C)c2cc(C(N)=O)cc(O)c21. The predicted octanol–water partition coefficient (Wildman–Crippen LogP) is 2.68. The van der Waals surface area contributed by atoms with Gasteiger partial charge in [-0.2, -0.15) is 37.7 Å². The number of fused-ring (bicyclic) bond motifs is 2. The Balaban J connectivity index is 1.53. The Morgan fingerprint density at radius 1 is 0.684 bits per heavy atom. The van der Waals surface area contributed by atoms with Crippen LogP contribution in [0.25, 0.3) is 22.1 Å². The molecule has 6 aromatic rings. The van der Waals surface area contributed by atoms with E-state index in [2.05, 4.69) is 20.2 Å². The topological polar surface area (TPSA) is 221 Å². The van der Waals surface area contributed by atoms with Gasteiger partial charge in [-0.05, 0) is 70.2 Å². The minimum absolute atomic E-state index is 0.0105. The van der Waals surface area contributed by atoms with Crippen LogP contribution in [0, 0.1) is 13.8 Å². The molecule has 0 atom stereocenters. The smallest absolute Gasteiger partial charge is 0.329 e. The highest BCUT2D eigenvalue weighted by Crippen LogP contribution is 2.39. The molecule has 0 spiro atoms. The second-order valence-electron chi connectivity index (χ2n) is 13.4. The van der Waals surface area contributed by atoms with Crippen LogP contribution in [0.1, 0.15) is 66.9 Å². The number of phenols is 1. The van der Waals surface area contributed by atoms with Crippen molar-refractivity contribution in [3.63, 3.8) is 0 Å². The number of carbonyl (C=O) groups is 4. The van der Waals surface area contributed by atoms with E-state index >= 15 is 17.6 Å². The molecule has 6 rings (SSSR count). The number of rotatable bonds is 11. The number of halogens is 4. The number of aryl methyl sites for hydroxylation is 6. The molecule has 300 valence electrons. The summed E-state index contributed by atoms with van der Waals surface area (Å²) in [4.78, 5) is 59.2. The van der Waals surface area contributed by atoms with E-state index in [9.17, 15) is 24.3 Å². The first-order chi connectivity index (χ1) is 26.7. The fourth-order valence-electron chi connectivity index (χ4n) is 6.66. The first-order valence-electron chi connectivity index (χ1n) is 17.4. The highest BCUT2D eigenvalue weighted by atomic mass is 19.3. The lowest BCUT2D eigenvalue weighted by atomic mass is 10.1. The van der Waals surface area contributed by atoms with E-state index in [1.807, 2.05) is 0 Å². The lowest BCUT2D eigenvalue weighted by Crippen LogP contribution is -2.49. The van der Waals surface area contributed by atoms with Gasteiger partial charge in [0.2, 0.25) is 23.1 Å². The summed E-state index contributed by atoms with van der Waals surface area (Å²) in [5, 5.41) is 19.4. The Morgan fingerprint density at radius 2 is 1.14 bits per heavy atom. The summed E-state index contributed by atoms with van der Waals surface area (Å²) in [7, 11) is 2.62. The van der Waals surface area contributed by atoms with Gasteiger partial charge >= 0.3 is 11.8 Å². The van der Waals surface area contributed by atoms with E-state index in [0.717, 1.165) is 21.3 Å². The molecule has 4 aromatic heterocycles. The number of phenolic OH excluding ortho intramolecular Hbond substituents is 1. The second-order valence-corrected chi connectivity index (χ2v) is 13.4. The van der Waals surface area contributed by atoms with E-state index in [1.165, 1.54) is 58.4 Å². The van der Waals surface area contributed by atoms with E-state index in [1.54, 1.807) is 27.7 Å². The lowest BCUT2D eigenvalue weighted by molar-refractivity contribution is -0.221. The molecule has 0 saturated carbocycles. The summed E-state index contributed by atoms with van der Waals surface area (Å²) in [5.74, 6) is -14.4. The minimum Gasteiger partial charge on any atom is -0.506 e. The van der Waals surface area contributed by atoms with E-state index in [0.29, 0.717) is 16.0 Å². The predicted molar refractivity (Wildman–Crippen MR) is 195 cm³/mol. The molecule has 2 aromatic carbocycles. The number of primary amides is 2. The summed E-state index contributed by atoms with van der Waals surface area (Å²) < 4.78 is 72.1. The Hall–Kier alpha value is -6.80. The van der Waals surface area contributed by atoms with Gasteiger partial charge in [0.15, 0.2) is 0 Å². The number of nitrogens with two attached hydrogens (primary N) is 2. The minimum atomic E-state index is -4.99. The largest absolute Gasteiger partial charge is 0.506 e. The molecule has 0 fully saturated rings. The third-order valence-electron chi connectivity index (χ3n) is 9.47. The van der Waals surface area contributed by atoms with Crippen LogP contribution in [-0.4, -0.2) is 78.4 Å². The molecule has 0 unspecified atom stereocenters. The molecule has 0 radical (unpaired) electrons. The maximum Gasteiger partial charge on any atom is 0.329 e. The average molecular weight is 795 g/mol. The quantitative estimate of drug-likeness (QED) is 0.166. The Labute approximate surface area is 319 Å². The van der Waals surface area contributed by atoms with Crippen molar-refractivity contribution in [1.82, 2.24) is 37.8 Å². The monoisotopic (exact) mass is 794 g/mol. The fourth-order valence-corrected chi connectivity index (χ4v) is 6.66. The number of carbonyl (C=O) groups excluding carboxylic acids is 4. The van der Waals surface area contributed by atoms with Crippen molar-refractivity contribution in [1.29, 1.82) is 0 Å². The van der Waals surface area contributed by atoms with Crippen LogP contribution in [-0.2, 0) is 40.3 Å². The number of imidazole rings is 2. The number of nitrogens with zero attached hydrogens (tertiary/aromatic N) is 10. The first kappa shape index (κ1) is 39.9. The second kappa shape index (κ2) is 14.4. The molecule has 4 amide bonds. The molecular formula is C36H38F4N12O5. The fraction of sp³-hybridized carbons (Fsp3) is 0.333. The Bertz CT molecular complexity index is 2800. The van der Waals surface area contributed by atoms with Crippen molar-refractivity contribution in [2.45, 2.75) is 65.7 Å². The highest BCUT2D eigenvalue weighted by molar-refractivity contribution is 5.99. The van der Waals surface area contributed by atoms with Crippen molar-refractivity contribution in [3.05, 3.63) is 87.6 Å². The van der Waals surface area contributed by atoms with E-state index in [-0.39, 0.29) is 52.2 Å². The Kier molecular flexibility index (Phi) is 10.1. The van der Waals surface area contributed by atoms with Gasteiger partial charge in [-0.1, -0.05) is 0 Å². The maximum atomic E-state index is 16.5. The molecule has 17 nitrogen and oxygen atoms in total. The lowest BCUT2D eigenvalue weighted by Gasteiger charge is -2.27. The average Bonchev–Trinajstić information content (AvgIpc) is 3.86. The van der Waals surface area contributed by atoms with Crippen LogP contribution in [0.4, 0.5) is 17.6 Å². The maximum absolute atomic E-state index is 16.5. The third-order valence-corrected chi connectivity index (χ3v) is 9.47. The number of hydrogen-bond donors (Lipinski definition) is 3. The summed E-state index contributed by atoms with van der Waals surface area (Å²) in [5.41, 5.74) is 9.84. The summed E-state index contributed by atoms with van der Waals surface area (Å²) in [6, 6.07) is 8.53. The van der Waals surface area contributed by atoms with Crippen molar-refractivity contribution in [2.75, 3.05) is 0 Å². The zero-order valence-electron chi connectivity index (χ0n) is 31.6.